The number of benzene rings is 2. The number of carbonyl (C=O) groups excluding carboxylic acids is 1. The Balaban J connectivity index is 1.38. The summed E-state index contributed by atoms with van der Waals surface area (Å²) in [5.41, 5.74) is 3.11. The monoisotopic (exact) mass is 507 g/mol. The molecule has 8 nitrogen and oxygen atoms in total. The molecule has 1 saturated heterocycles. The van der Waals surface area contributed by atoms with E-state index in [1.165, 1.54) is 24.3 Å². The molecule has 2 aliphatic heterocycles. The lowest BCUT2D eigenvalue weighted by molar-refractivity contribution is 0.00854. The third-order valence-corrected chi connectivity index (χ3v) is 7.94. The molecular formula is C26H26FN5O3S. The second kappa shape index (κ2) is 8.88. The smallest absolute Gasteiger partial charge is 0.322 e. The van der Waals surface area contributed by atoms with Crippen LogP contribution in [0.25, 0.3) is 10.9 Å². The molecule has 2 amide bonds. The van der Waals surface area contributed by atoms with E-state index in [1.54, 1.807) is 23.3 Å². The Morgan fingerprint density at radius 2 is 2.08 bits per heavy atom. The van der Waals surface area contributed by atoms with E-state index in [1.807, 2.05) is 23.7 Å². The fourth-order valence-electron chi connectivity index (χ4n) is 5.65. The Morgan fingerprint density at radius 3 is 2.78 bits per heavy atom. The van der Waals surface area contributed by atoms with Crippen molar-refractivity contribution < 1.29 is 19.0 Å². The maximum absolute atomic E-state index is 13.5. The van der Waals surface area contributed by atoms with E-state index in [0.29, 0.717) is 12.2 Å². The summed E-state index contributed by atoms with van der Waals surface area (Å²) in [6, 6.07) is 10.7. The fraction of sp³-hybridized carbons (Fsp3) is 0.308. The van der Waals surface area contributed by atoms with Crippen molar-refractivity contribution >= 4 is 34.0 Å². The molecule has 0 radical (unpaired) electrons. The lowest BCUT2D eigenvalue weighted by Gasteiger charge is -2.56. The number of nitrogens with zero attached hydrogens (tertiary/aromatic N) is 3. The number of methoxy groups -OCH3 is 1. The van der Waals surface area contributed by atoms with Crippen LogP contribution in [-0.4, -0.2) is 64.3 Å². The number of hydrogen-bond acceptors (Lipinski definition) is 6. The van der Waals surface area contributed by atoms with Gasteiger partial charge in [-0.2, -0.15) is 0 Å². The molecule has 0 saturated carbocycles. The Hall–Kier alpha value is -3.47. The fourth-order valence-corrected chi connectivity index (χ4v) is 6.31. The second-order valence-corrected chi connectivity index (χ2v) is 10.4. The van der Waals surface area contributed by atoms with Gasteiger partial charge >= 0.3 is 6.03 Å². The summed E-state index contributed by atoms with van der Waals surface area (Å²) in [5.74, 6) is 0.367. The van der Waals surface area contributed by atoms with Crippen molar-refractivity contribution in [3.8, 4) is 5.75 Å². The van der Waals surface area contributed by atoms with Gasteiger partial charge < -0.3 is 25.0 Å². The first-order valence-corrected chi connectivity index (χ1v) is 12.6. The second-order valence-electron chi connectivity index (χ2n) is 9.44. The minimum Gasteiger partial charge on any atom is -0.497 e. The summed E-state index contributed by atoms with van der Waals surface area (Å²) < 4.78 is 18.8. The van der Waals surface area contributed by atoms with E-state index in [-0.39, 0.29) is 23.9 Å². The minimum atomic E-state index is -0.544. The van der Waals surface area contributed by atoms with Gasteiger partial charge in [0, 0.05) is 65.0 Å². The third-order valence-electron chi connectivity index (χ3n) is 7.17. The highest BCUT2D eigenvalue weighted by atomic mass is 32.1. The molecule has 2 aromatic heterocycles. The van der Waals surface area contributed by atoms with Crippen LogP contribution in [0.2, 0.25) is 0 Å². The minimum absolute atomic E-state index is 0.229. The summed E-state index contributed by atoms with van der Waals surface area (Å²) in [7, 11) is 1.63. The van der Waals surface area contributed by atoms with E-state index in [4.69, 9.17) is 4.74 Å². The Morgan fingerprint density at radius 1 is 1.28 bits per heavy atom. The maximum atomic E-state index is 13.5. The standard InChI is InChI=1S/C26H26FN5O3S/c1-35-18-6-7-19-20(10-18)30-24-21(12-33)32(25(34)29-17-4-2-16(27)3-5-17)15-26(23(19)24)13-31(14-26)11-22-28-8-9-36-22/h2-10,21,30,33H,11-15H2,1H3,(H,29,34)/t21-/m0/s1. The van der Waals surface area contributed by atoms with Crippen molar-refractivity contribution in [3.05, 3.63) is 76.1 Å². The van der Waals surface area contributed by atoms with Crippen LogP contribution in [0.3, 0.4) is 0 Å². The van der Waals surface area contributed by atoms with Gasteiger partial charge in [-0.1, -0.05) is 0 Å². The highest BCUT2D eigenvalue weighted by Gasteiger charge is 2.53. The molecule has 3 N–H and O–H groups in total. The number of nitrogens with one attached hydrogen (secondary N) is 2. The Labute approximate surface area is 211 Å². The lowest BCUT2D eigenvalue weighted by atomic mass is 9.69. The van der Waals surface area contributed by atoms with Crippen molar-refractivity contribution in [1.29, 1.82) is 0 Å². The first kappa shape index (κ1) is 23.0. The van der Waals surface area contributed by atoms with E-state index in [9.17, 15) is 14.3 Å². The van der Waals surface area contributed by atoms with Crippen molar-refractivity contribution in [3.63, 3.8) is 0 Å². The van der Waals surface area contributed by atoms with E-state index in [0.717, 1.165) is 52.6 Å². The molecule has 36 heavy (non-hydrogen) atoms. The third kappa shape index (κ3) is 3.82. The predicted octanol–water partition coefficient (Wildman–Crippen LogP) is 4.11. The normalized spacial score (nSPS) is 18.8. The van der Waals surface area contributed by atoms with Crippen LogP contribution in [0.5, 0.6) is 5.75 Å². The van der Waals surface area contributed by atoms with Crippen LogP contribution < -0.4 is 10.1 Å². The number of carbonyl (C=O) groups is 1. The van der Waals surface area contributed by atoms with Crippen molar-refractivity contribution in [2.24, 2.45) is 0 Å². The number of amides is 2. The number of aromatic nitrogens is 2. The molecular weight excluding hydrogens is 481 g/mol. The highest BCUT2D eigenvalue weighted by Crippen LogP contribution is 2.49. The van der Waals surface area contributed by atoms with Gasteiger partial charge in [0.2, 0.25) is 0 Å². The number of rotatable bonds is 5. The number of aliphatic hydroxyl groups excluding tert-OH is 1. The number of hydrogen-bond donors (Lipinski definition) is 3. The highest BCUT2D eigenvalue weighted by molar-refractivity contribution is 7.09. The number of H-pyrrole nitrogens is 1. The Kier molecular flexibility index (Phi) is 5.66. The maximum Gasteiger partial charge on any atom is 0.322 e. The summed E-state index contributed by atoms with van der Waals surface area (Å²) in [6.07, 6.45) is 1.81. The van der Waals surface area contributed by atoms with Gasteiger partial charge in [0.25, 0.3) is 0 Å². The van der Waals surface area contributed by atoms with E-state index < -0.39 is 6.04 Å². The first-order chi connectivity index (χ1) is 17.5. The molecule has 0 unspecified atom stereocenters. The molecule has 0 aliphatic carbocycles. The topological polar surface area (TPSA) is 93.7 Å². The summed E-state index contributed by atoms with van der Waals surface area (Å²) in [5, 5.41) is 17.4. The number of halogens is 1. The molecule has 0 bridgehead atoms. The van der Waals surface area contributed by atoms with E-state index in [2.05, 4.69) is 26.3 Å². The average molecular weight is 508 g/mol. The van der Waals surface area contributed by atoms with Gasteiger partial charge in [-0.05, 0) is 42.0 Å². The number of fused-ring (bicyclic) bond motifs is 4. The molecule has 1 fully saturated rings. The van der Waals surface area contributed by atoms with Gasteiger partial charge in [-0.15, -0.1) is 11.3 Å². The molecule has 2 aliphatic rings. The number of aliphatic hydroxyl groups is 1. The van der Waals surface area contributed by atoms with Crippen molar-refractivity contribution in [2.45, 2.75) is 18.0 Å². The summed E-state index contributed by atoms with van der Waals surface area (Å²) in [4.78, 5) is 25.4. The summed E-state index contributed by atoms with van der Waals surface area (Å²) in [6.45, 7) is 2.50. The molecule has 1 spiro atoms. The average Bonchev–Trinajstić information content (AvgIpc) is 3.51. The zero-order chi connectivity index (χ0) is 24.9. The van der Waals surface area contributed by atoms with Crippen molar-refractivity contribution in [1.82, 2.24) is 19.8 Å². The van der Waals surface area contributed by atoms with Gasteiger partial charge in [0.15, 0.2) is 0 Å². The van der Waals surface area contributed by atoms with Crippen LogP contribution >= 0.6 is 11.3 Å². The number of urea groups is 1. The van der Waals surface area contributed by atoms with Crippen LogP contribution in [0.4, 0.5) is 14.9 Å². The van der Waals surface area contributed by atoms with Gasteiger partial charge in [-0.25, -0.2) is 14.2 Å². The zero-order valence-corrected chi connectivity index (χ0v) is 20.5. The first-order valence-electron chi connectivity index (χ1n) is 11.7. The number of thiazole rings is 1. The lowest BCUT2D eigenvalue weighted by Crippen LogP contribution is -2.66. The van der Waals surface area contributed by atoms with Crippen LogP contribution in [0.1, 0.15) is 22.3 Å². The molecule has 186 valence electrons. The Bertz CT molecular complexity index is 1400. The van der Waals surface area contributed by atoms with Gasteiger partial charge in [0.05, 0.1) is 26.3 Å². The summed E-state index contributed by atoms with van der Waals surface area (Å²) >= 11 is 1.63. The quantitative estimate of drug-likeness (QED) is 0.378. The van der Waals surface area contributed by atoms with Crippen LogP contribution in [0, 0.1) is 5.82 Å². The SMILES string of the molecule is COc1ccc2c3c([nH]c2c1)[C@H](CO)N(C(=O)Nc1ccc(F)cc1)CC31CN(Cc2nccs2)C1. The molecule has 1 atom stereocenters. The zero-order valence-electron chi connectivity index (χ0n) is 19.7. The molecule has 6 rings (SSSR count). The molecule has 10 heteroatoms. The number of likely N-dealkylation sites (tertiary alicyclic amines) is 1. The molecule has 4 heterocycles. The number of ether oxygens (including phenoxy) is 1. The van der Waals surface area contributed by atoms with Gasteiger partial charge in [-0.3, -0.25) is 4.90 Å². The van der Waals surface area contributed by atoms with Crippen molar-refractivity contribution in [2.75, 3.05) is 38.7 Å². The molecule has 4 aromatic rings. The van der Waals surface area contributed by atoms with E-state index >= 15 is 0 Å². The predicted molar refractivity (Wildman–Crippen MR) is 136 cm³/mol. The number of aromatic amines is 1. The van der Waals surface area contributed by atoms with Crippen LogP contribution in [0.15, 0.2) is 54.0 Å². The van der Waals surface area contributed by atoms with Crippen LogP contribution in [-0.2, 0) is 12.0 Å². The molecule has 2 aromatic carbocycles. The van der Waals surface area contributed by atoms with Gasteiger partial charge in [0.1, 0.15) is 16.6 Å². The number of anilines is 1. The largest absolute Gasteiger partial charge is 0.497 e.